The zero-order chi connectivity index (χ0) is 19.9. The Balaban J connectivity index is 1.55. The highest BCUT2D eigenvalue weighted by Gasteiger charge is 2.19. The minimum absolute atomic E-state index is 0.0312. The second-order valence-electron chi connectivity index (χ2n) is 7.66. The van der Waals surface area contributed by atoms with Crippen molar-refractivity contribution in [1.29, 1.82) is 0 Å². The molecule has 1 aromatic carbocycles. The van der Waals surface area contributed by atoms with Gasteiger partial charge in [0.05, 0.1) is 17.8 Å². The van der Waals surface area contributed by atoms with Crippen LogP contribution in [-0.4, -0.2) is 46.8 Å². The Kier molecular flexibility index (Phi) is 7.51. The fraction of sp³-hybridized carbons (Fsp3) is 0.545. The zero-order valence-corrected chi connectivity index (χ0v) is 17.8. The van der Waals surface area contributed by atoms with Crippen LogP contribution >= 0.6 is 11.6 Å². The molecule has 6 heteroatoms. The van der Waals surface area contributed by atoms with E-state index in [2.05, 4.69) is 15.3 Å². The Labute approximate surface area is 173 Å². The fourth-order valence-electron chi connectivity index (χ4n) is 3.92. The SMILES string of the molecule is Cc1nn(Cc2ccccc2Cl)c(C)c1C(=O)NCCCN1CCCCCC1. The summed E-state index contributed by atoms with van der Waals surface area (Å²) in [6.07, 6.45) is 6.29. The van der Waals surface area contributed by atoms with Gasteiger partial charge in [0.15, 0.2) is 0 Å². The van der Waals surface area contributed by atoms with Gasteiger partial charge in [-0.05, 0) is 64.4 Å². The van der Waals surface area contributed by atoms with Crippen LogP contribution in [0, 0.1) is 13.8 Å². The van der Waals surface area contributed by atoms with Crippen LogP contribution in [0.3, 0.4) is 0 Å². The van der Waals surface area contributed by atoms with E-state index in [0.717, 1.165) is 34.9 Å². The van der Waals surface area contributed by atoms with Gasteiger partial charge in [-0.25, -0.2) is 0 Å². The summed E-state index contributed by atoms with van der Waals surface area (Å²) in [5.74, 6) is -0.0312. The maximum atomic E-state index is 12.7. The third kappa shape index (κ3) is 5.36. The van der Waals surface area contributed by atoms with E-state index in [1.807, 2.05) is 42.8 Å². The van der Waals surface area contributed by atoms with Gasteiger partial charge in [-0.1, -0.05) is 42.6 Å². The van der Waals surface area contributed by atoms with E-state index in [4.69, 9.17) is 11.6 Å². The van der Waals surface area contributed by atoms with Crippen LogP contribution in [-0.2, 0) is 6.54 Å². The molecule has 1 aromatic heterocycles. The first-order chi connectivity index (χ1) is 13.6. The van der Waals surface area contributed by atoms with Crippen LogP contribution in [0.1, 0.15) is 59.4 Å². The number of carbonyl (C=O) groups is 1. The topological polar surface area (TPSA) is 50.2 Å². The van der Waals surface area contributed by atoms with Crippen molar-refractivity contribution in [3.63, 3.8) is 0 Å². The highest BCUT2D eigenvalue weighted by atomic mass is 35.5. The molecule has 1 N–H and O–H groups in total. The van der Waals surface area contributed by atoms with Crippen molar-refractivity contribution in [2.75, 3.05) is 26.2 Å². The van der Waals surface area contributed by atoms with Crippen LogP contribution in [0.5, 0.6) is 0 Å². The van der Waals surface area contributed by atoms with E-state index in [1.165, 1.54) is 38.8 Å². The highest BCUT2D eigenvalue weighted by molar-refractivity contribution is 6.31. The largest absolute Gasteiger partial charge is 0.352 e. The molecule has 152 valence electrons. The van der Waals surface area contributed by atoms with E-state index < -0.39 is 0 Å². The minimum Gasteiger partial charge on any atom is -0.352 e. The molecule has 1 aliphatic rings. The maximum absolute atomic E-state index is 12.7. The van der Waals surface area contributed by atoms with Crippen LogP contribution in [0.4, 0.5) is 0 Å². The van der Waals surface area contributed by atoms with Crippen molar-refractivity contribution in [3.8, 4) is 0 Å². The van der Waals surface area contributed by atoms with Crippen molar-refractivity contribution < 1.29 is 4.79 Å². The number of hydrogen-bond acceptors (Lipinski definition) is 3. The molecule has 0 saturated carbocycles. The van der Waals surface area contributed by atoms with Crippen molar-refractivity contribution in [2.24, 2.45) is 0 Å². The quantitative estimate of drug-likeness (QED) is 0.706. The van der Waals surface area contributed by atoms with Crippen molar-refractivity contribution in [1.82, 2.24) is 20.0 Å². The summed E-state index contributed by atoms with van der Waals surface area (Å²) < 4.78 is 1.86. The minimum atomic E-state index is -0.0312. The van der Waals surface area contributed by atoms with Crippen LogP contribution in [0.25, 0.3) is 0 Å². The Morgan fingerprint density at radius 2 is 1.86 bits per heavy atom. The maximum Gasteiger partial charge on any atom is 0.255 e. The average molecular weight is 403 g/mol. The van der Waals surface area contributed by atoms with Crippen molar-refractivity contribution in [2.45, 2.75) is 52.5 Å². The molecule has 5 nitrogen and oxygen atoms in total. The number of carbonyl (C=O) groups excluding carboxylic acids is 1. The summed E-state index contributed by atoms with van der Waals surface area (Å²) in [4.78, 5) is 15.2. The lowest BCUT2D eigenvalue weighted by atomic mass is 10.1. The lowest BCUT2D eigenvalue weighted by Gasteiger charge is -2.19. The third-order valence-corrected chi connectivity index (χ3v) is 5.89. The van der Waals surface area contributed by atoms with E-state index in [1.54, 1.807) is 0 Å². The Morgan fingerprint density at radius 3 is 2.57 bits per heavy atom. The van der Waals surface area contributed by atoms with E-state index >= 15 is 0 Å². The second-order valence-corrected chi connectivity index (χ2v) is 8.07. The Hall–Kier alpha value is -1.85. The first-order valence-electron chi connectivity index (χ1n) is 10.3. The monoisotopic (exact) mass is 402 g/mol. The second kappa shape index (κ2) is 10.1. The van der Waals surface area contributed by atoms with Gasteiger partial charge >= 0.3 is 0 Å². The summed E-state index contributed by atoms with van der Waals surface area (Å²) in [7, 11) is 0. The number of aryl methyl sites for hydroxylation is 1. The van der Waals surface area contributed by atoms with Crippen LogP contribution in [0.15, 0.2) is 24.3 Å². The molecule has 1 aliphatic heterocycles. The predicted octanol–water partition coefficient (Wildman–Crippen LogP) is 4.20. The van der Waals surface area contributed by atoms with Gasteiger partial charge in [0, 0.05) is 17.3 Å². The molecule has 0 atom stereocenters. The molecule has 0 aliphatic carbocycles. The number of likely N-dealkylation sites (tertiary alicyclic amines) is 1. The number of aromatic nitrogens is 2. The van der Waals surface area contributed by atoms with Crippen molar-refractivity contribution >= 4 is 17.5 Å². The lowest BCUT2D eigenvalue weighted by molar-refractivity contribution is 0.0950. The summed E-state index contributed by atoms with van der Waals surface area (Å²) in [6, 6.07) is 7.74. The predicted molar refractivity (Wildman–Crippen MR) is 114 cm³/mol. The summed E-state index contributed by atoms with van der Waals surface area (Å²) in [5, 5.41) is 8.37. The molecule has 2 heterocycles. The van der Waals surface area contributed by atoms with Gasteiger partial charge in [0.25, 0.3) is 5.91 Å². The van der Waals surface area contributed by atoms with Crippen molar-refractivity contribution in [3.05, 3.63) is 51.8 Å². The molecule has 1 saturated heterocycles. The molecule has 1 fully saturated rings. The Bertz CT molecular complexity index is 794. The number of nitrogens with zero attached hydrogens (tertiary/aromatic N) is 3. The first-order valence-corrected chi connectivity index (χ1v) is 10.7. The Morgan fingerprint density at radius 1 is 1.14 bits per heavy atom. The molecule has 28 heavy (non-hydrogen) atoms. The van der Waals surface area contributed by atoms with E-state index in [-0.39, 0.29) is 5.91 Å². The number of rotatable bonds is 7. The van der Waals surface area contributed by atoms with E-state index in [0.29, 0.717) is 18.7 Å². The molecule has 0 unspecified atom stereocenters. The number of nitrogens with one attached hydrogen (secondary N) is 1. The standard InChI is InChI=1S/C22H31ClN4O/c1-17-21(18(2)27(25-17)16-19-10-5-6-11-20(19)23)22(28)24-12-9-15-26-13-7-3-4-8-14-26/h5-6,10-11H,3-4,7-9,12-16H2,1-2H3,(H,24,28). The van der Waals surface area contributed by atoms with Gasteiger partial charge in [-0.3, -0.25) is 9.48 Å². The highest BCUT2D eigenvalue weighted by Crippen LogP contribution is 2.19. The lowest BCUT2D eigenvalue weighted by Crippen LogP contribution is -2.31. The number of amides is 1. The normalized spacial score (nSPS) is 15.4. The number of hydrogen-bond donors (Lipinski definition) is 1. The van der Waals surface area contributed by atoms with Gasteiger partial charge in [-0.2, -0.15) is 5.10 Å². The molecule has 0 spiro atoms. The average Bonchev–Trinajstić information content (AvgIpc) is 2.85. The molecule has 2 aromatic rings. The smallest absolute Gasteiger partial charge is 0.255 e. The van der Waals surface area contributed by atoms with E-state index in [9.17, 15) is 4.79 Å². The van der Waals surface area contributed by atoms with Crippen LogP contribution < -0.4 is 5.32 Å². The molecule has 1 amide bonds. The fourth-order valence-corrected chi connectivity index (χ4v) is 4.12. The van der Waals surface area contributed by atoms with Gasteiger partial charge in [-0.15, -0.1) is 0 Å². The third-order valence-electron chi connectivity index (χ3n) is 5.52. The molecule has 0 radical (unpaired) electrons. The van der Waals surface area contributed by atoms with Crippen LogP contribution in [0.2, 0.25) is 5.02 Å². The first kappa shape index (κ1) is 20.9. The molecular weight excluding hydrogens is 372 g/mol. The molecular formula is C22H31ClN4O. The van der Waals surface area contributed by atoms with Gasteiger partial charge < -0.3 is 10.2 Å². The summed E-state index contributed by atoms with van der Waals surface area (Å²) in [5.41, 5.74) is 3.32. The summed E-state index contributed by atoms with van der Waals surface area (Å²) >= 11 is 6.27. The molecule has 0 bridgehead atoms. The summed E-state index contributed by atoms with van der Waals surface area (Å²) in [6.45, 7) is 8.55. The van der Waals surface area contributed by atoms with Gasteiger partial charge in [0.1, 0.15) is 0 Å². The zero-order valence-electron chi connectivity index (χ0n) is 17.0. The molecule has 3 rings (SSSR count). The number of halogens is 1. The number of benzene rings is 1. The van der Waals surface area contributed by atoms with Gasteiger partial charge in [0.2, 0.25) is 0 Å².